The molecule has 0 aliphatic carbocycles. The number of rotatable bonds is 4. The number of hydrogen-bond acceptors (Lipinski definition) is 6. The van der Waals surface area contributed by atoms with E-state index >= 15 is 0 Å². The first-order valence-corrected chi connectivity index (χ1v) is 9.58. The molecule has 13 heteroatoms. The molecule has 0 radical (unpaired) electrons. The lowest BCUT2D eigenvalue weighted by Crippen LogP contribution is -2.47. The van der Waals surface area contributed by atoms with Gasteiger partial charge in [-0.05, 0) is 18.2 Å². The van der Waals surface area contributed by atoms with Crippen LogP contribution in [0.15, 0.2) is 54.5 Å². The van der Waals surface area contributed by atoms with Gasteiger partial charge in [-0.15, -0.1) is 0 Å². The summed E-state index contributed by atoms with van der Waals surface area (Å²) < 4.78 is 1.44. The van der Waals surface area contributed by atoms with Gasteiger partial charge >= 0.3 is 17.1 Å². The van der Waals surface area contributed by atoms with Crippen LogP contribution in [0.1, 0.15) is 0 Å². The summed E-state index contributed by atoms with van der Waals surface area (Å²) in [5.74, 6) is 0. The first-order valence-electron chi connectivity index (χ1n) is 7.63. The largest absolute Gasteiger partial charge is 0.340 e. The van der Waals surface area contributed by atoms with Gasteiger partial charge in [-0.2, -0.15) is 0 Å². The molecule has 1 N–H and O–H groups in total. The average molecular weight is 476 g/mol. The topological polar surface area (TPSA) is 120 Å². The fraction of sp³-hybridized carbons (Fsp3) is 0.0625. The number of halogens is 3. The average Bonchev–Trinajstić information content (AvgIpc) is 2.63. The van der Waals surface area contributed by atoms with Crippen molar-refractivity contribution >= 4 is 52.3 Å². The summed E-state index contributed by atoms with van der Waals surface area (Å²) in [4.78, 5) is 49.0. The predicted octanol–water partition coefficient (Wildman–Crippen LogP) is 3.24. The molecule has 0 saturated heterocycles. The first kappa shape index (κ1) is 21.2. The third-order valence-corrected chi connectivity index (χ3v) is 6.24. The highest BCUT2D eigenvalue weighted by molar-refractivity contribution is 7.99. The third kappa shape index (κ3) is 4.10. The molecule has 0 fully saturated rings. The molecular weight excluding hydrogens is 467 g/mol. The Morgan fingerprint density at radius 2 is 1.62 bits per heavy atom. The summed E-state index contributed by atoms with van der Waals surface area (Å²) in [6.45, 7) is 0. The molecule has 0 spiro atoms. The molecule has 3 rings (SSSR count). The predicted molar refractivity (Wildman–Crippen MR) is 110 cm³/mol. The van der Waals surface area contributed by atoms with E-state index in [0.29, 0.717) is 14.4 Å². The van der Waals surface area contributed by atoms with Gasteiger partial charge in [0.1, 0.15) is 0 Å². The van der Waals surface area contributed by atoms with E-state index in [1.807, 2.05) is 4.98 Å². The second-order valence-electron chi connectivity index (χ2n) is 5.62. The van der Waals surface area contributed by atoms with Gasteiger partial charge in [-0.25, -0.2) is 23.5 Å². The Balaban J connectivity index is 2.08. The van der Waals surface area contributed by atoms with Crippen LogP contribution >= 0.6 is 46.6 Å². The highest BCUT2D eigenvalue weighted by Crippen LogP contribution is 2.42. The number of aromatic amines is 1. The molecule has 1 aromatic heterocycles. The molecule has 2 aromatic carbocycles. The third-order valence-electron chi connectivity index (χ3n) is 3.78. The molecule has 1 heterocycles. The van der Waals surface area contributed by atoms with E-state index in [9.17, 15) is 24.5 Å². The summed E-state index contributed by atoms with van der Waals surface area (Å²) in [5.41, 5.74) is -2.77. The molecule has 0 atom stereocenters. The van der Waals surface area contributed by atoms with Crippen LogP contribution in [0.5, 0.6) is 0 Å². The Labute approximate surface area is 180 Å². The Bertz CT molecular complexity index is 1310. The lowest BCUT2D eigenvalue weighted by atomic mass is 10.3. The minimum Gasteiger partial charge on any atom is -0.258 e. The molecule has 0 amide bonds. The van der Waals surface area contributed by atoms with Crippen molar-refractivity contribution in [2.45, 2.75) is 9.79 Å². The van der Waals surface area contributed by atoms with Crippen LogP contribution in [0.25, 0.3) is 5.69 Å². The quantitative estimate of drug-likeness (QED) is 0.457. The standard InChI is InChI=1S/C16H9Cl3N4O5S/c1-21-14(24)20-15(25)22(16(21)26)8-5-10(18)13(11(19)6-8)29-12-3-2-7(23(27)28)4-9(12)17/h2-6H,1H3,(H,20,24,25). The summed E-state index contributed by atoms with van der Waals surface area (Å²) in [6, 6.07) is 6.60. The molecular formula is C16H9Cl3N4O5S. The van der Waals surface area contributed by atoms with Crippen LogP contribution in [0.2, 0.25) is 15.1 Å². The smallest absolute Gasteiger partial charge is 0.258 e. The van der Waals surface area contributed by atoms with E-state index in [0.717, 1.165) is 16.3 Å². The van der Waals surface area contributed by atoms with Crippen LogP contribution in [0.4, 0.5) is 5.69 Å². The van der Waals surface area contributed by atoms with Crippen LogP contribution in [-0.4, -0.2) is 19.0 Å². The summed E-state index contributed by atoms with van der Waals surface area (Å²) in [6.07, 6.45) is 0. The number of nitrogens with one attached hydrogen (secondary N) is 1. The van der Waals surface area contributed by atoms with Crippen molar-refractivity contribution in [1.29, 1.82) is 0 Å². The maximum atomic E-state index is 12.3. The van der Waals surface area contributed by atoms with Crippen molar-refractivity contribution in [2.75, 3.05) is 0 Å². The van der Waals surface area contributed by atoms with Crippen molar-refractivity contribution < 1.29 is 4.92 Å². The molecule has 0 aliphatic heterocycles. The number of aromatic nitrogens is 3. The lowest BCUT2D eigenvalue weighted by molar-refractivity contribution is -0.384. The van der Waals surface area contributed by atoms with Gasteiger partial charge in [0.2, 0.25) is 0 Å². The molecule has 29 heavy (non-hydrogen) atoms. The monoisotopic (exact) mass is 474 g/mol. The van der Waals surface area contributed by atoms with E-state index in [1.54, 1.807) is 0 Å². The zero-order chi connectivity index (χ0) is 21.5. The molecule has 0 saturated carbocycles. The zero-order valence-electron chi connectivity index (χ0n) is 14.3. The highest BCUT2D eigenvalue weighted by Gasteiger charge is 2.17. The maximum Gasteiger partial charge on any atom is 0.340 e. The summed E-state index contributed by atoms with van der Waals surface area (Å²) >= 11 is 19.7. The fourth-order valence-electron chi connectivity index (χ4n) is 2.35. The Morgan fingerprint density at radius 1 is 1.00 bits per heavy atom. The van der Waals surface area contributed by atoms with Gasteiger partial charge in [0.25, 0.3) is 5.69 Å². The summed E-state index contributed by atoms with van der Waals surface area (Å²) in [7, 11) is 1.21. The van der Waals surface area contributed by atoms with E-state index < -0.39 is 22.0 Å². The number of H-pyrrole nitrogens is 1. The lowest BCUT2D eigenvalue weighted by Gasteiger charge is -2.12. The number of hydrogen-bond donors (Lipinski definition) is 1. The molecule has 9 nitrogen and oxygen atoms in total. The van der Waals surface area contributed by atoms with E-state index in [2.05, 4.69) is 0 Å². The van der Waals surface area contributed by atoms with Crippen molar-refractivity contribution in [3.05, 3.63) is 87.0 Å². The second kappa shape index (κ2) is 8.07. The van der Waals surface area contributed by atoms with Crippen LogP contribution < -0.4 is 17.1 Å². The van der Waals surface area contributed by atoms with Crippen molar-refractivity contribution in [1.82, 2.24) is 14.1 Å². The van der Waals surface area contributed by atoms with Crippen molar-refractivity contribution in [3.63, 3.8) is 0 Å². The fourth-order valence-corrected chi connectivity index (χ4v) is 4.17. The molecule has 0 aliphatic rings. The number of non-ortho nitro benzene ring substituents is 1. The zero-order valence-corrected chi connectivity index (χ0v) is 17.4. The maximum absolute atomic E-state index is 12.3. The van der Waals surface area contributed by atoms with Crippen molar-refractivity contribution in [3.8, 4) is 5.69 Å². The molecule has 150 valence electrons. The molecule has 3 aromatic rings. The minimum atomic E-state index is -0.941. The van der Waals surface area contributed by atoms with Gasteiger partial charge in [0.05, 0.1) is 25.7 Å². The summed E-state index contributed by atoms with van der Waals surface area (Å²) in [5, 5.41) is 11.2. The number of nitro groups is 1. The van der Waals surface area contributed by atoms with Crippen LogP contribution in [-0.2, 0) is 7.05 Å². The first-order chi connectivity index (χ1) is 13.6. The normalized spacial score (nSPS) is 10.9. The van der Waals surface area contributed by atoms with E-state index in [4.69, 9.17) is 34.8 Å². The second-order valence-corrected chi connectivity index (χ2v) is 7.90. The van der Waals surface area contributed by atoms with Gasteiger partial charge in [0.15, 0.2) is 0 Å². The van der Waals surface area contributed by atoms with Crippen LogP contribution in [0.3, 0.4) is 0 Å². The number of nitrogens with zero attached hydrogens (tertiary/aromatic N) is 3. The highest BCUT2D eigenvalue weighted by atomic mass is 35.5. The van der Waals surface area contributed by atoms with Gasteiger partial charge in [-0.3, -0.25) is 15.1 Å². The number of nitro benzene ring substituents is 1. The van der Waals surface area contributed by atoms with Gasteiger partial charge in [-0.1, -0.05) is 46.6 Å². The molecule has 0 bridgehead atoms. The Morgan fingerprint density at radius 3 is 2.17 bits per heavy atom. The minimum absolute atomic E-state index is 0.0565. The number of benzene rings is 2. The van der Waals surface area contributed by atoms with Crippen LogP contribution in [0, 0.1) is 10.1 Å². The SMILES string of the molecule is Cn1c(=O)[nH]c(=O)n(-c2cc(Cl)c(Sc3ccc([N+](=O)[O-])cc3Cl)c(Cl)c2)c1=O. The van der Waals surface area contributed by atoms with Gasteiger partial charge in [0, 0.05) is 29.0 Å². The van der Waals surface area contributed by atoms with Crippen molar-refractivity contribution in [2.24, 2.45) is 7.05 Å². The Hall–Kier alpha value is -2.53. The Kier molecular flexibility index (Phi) is 5.90. The van der Waals surface area contributed by atoms with E-state index in [1.165, 1.54) is 37.4 Å². The van der Waals surface area contributed by atoms with Gasteiger partial charge < -0.3 is 0 Å². The molecule has 0 unspecified atom stereocenters. The van der Waals surface area contributed by atoms with E-state index in [-0.39, 0.29) is 26.4 Å².